The quantitative estimate of drug-likeness (QED) is 0.689. The van der Waals surface area contributed by atoms with E-state index < -0.39 is 5.97 Å². The third kappa shape index (κ3) is 2.31. The minimum absolute atomic E-state index is 0.0193. The topological polar surface area (TPSA) is 43.4 Å². The maximum atomic E-state index is 11.5. The molecule has 0 spiro atoms. The van der Waals surface area contributed by atoms with Gasteiger partial charge in [-0.3, -0.25) is 4.79 Å². The third-order valence-corrected chi connectivity index (χ3v) is 2.17. The zero-order valence-electron chi connectivity index (χ0n) is 8.10. The number of hydrogen-bond acceptors (Lipinski definition) is 3. The number of ether oxygens (including phenoxy) is 1. The van der Waals surface area contributed by atoms with Gasteiger partial charge in [0.05, 0.1) is 5.56 Å². The van der Waals surface area contributed by atoms with Gasteiger partial charge in [-0.05, 0) is 12.1 Å². The summed E-state index contributed by atoms with van der Waals surface area (Å²) in [5.74, 6) is 0.0799. The molecule has 3 nitrogen and oxygen atoms in total. The fraction of sp³-hybridized carbons (Fsp3) is 0.167. The van der Waals surface area contributed by atoms with Crippen LogP contribution in [0.2, 0.25) is 0 Å². The first-order valence-corrected chi connectivity index (χ1v) is 4.76. The highest BCUT2D eigenvalue weighted by Crippen LogP contribution is 2.17. The lowest BCUT2D eigenvalue weighted by Gasteiger charge is -2.03. The first-order chi connectivity index (χ1) is 7.25. The molecule has 0 radical (unpaired) electrons. The molecule has 1 aliphatic rings. The third-order valence-electron chi connectivity index (χ3n) is 2.17. The average molecular weight is 202 g/mol. The number of allylic oxidation sites excluding steroid dienone is 2. The van der Waals surface area contributed by atoms with E-state index in [0.717, 1.165) is 0 Å². The zero-order chi connectivity index (χ0) is 10.7. The Hall–Kier alpha value is -1.90. The molecular formula is C12H10O3. The van der Waals surface area contributed by atoms with Gasteiger partial charge in [0.15, 0.2) is 5.78 Å². The molecule has 1 aromatic carbocycles. The lowest BCUT2D eigenvalue weighted by atomic mass is 10.2. The second kappa shape index (κ2) is 4.09. The Kier molecular flexibility index (Phi) is 2.63. The molecule has 0 atom stereocenters. The van der Waals surface area contributed by atoms with E-state index >= 15 is 0 Å². The molecule has 0 N–H and O–H groups in total. The first kappa shape index (κ1) is 9.65. The predicted octanol–water partition coefficient (Wildman–Crippen LogP) is 2.09. The van der Waals surface area contributed by atoms with Crippen LogP contribution < -0.4 is 0 Å². The molecule has 0 amide bonds. The van der Waals surface area contributed by atoms with Gasteiger partial charge in [0.2, 0.25) is 0 Å². The van der Waals surface area contributed by atoms with E-state index in [1.807, 2.05) is 6.07 Å². The number of carbonyl (C=O) groups excluding carboxylic acids is 2. The number of hydrogen-bond donors (Lipinski definition) is 0. The summed E-state index contributed by atoms with van der Waals surface area (Å²) in [5, 5.41) is 0. The molecule has 0 heterocycles. The van der Waals surface area contributed by atoms with Crippen LogP contribution in [-0.4, -0.2) is 11.8 Å². The highest BCUT2D eigenvalue weighted by atomic mass is 16.5. The van der Waals surface area contributed by atoms with Crippen molar-refractivity contribution in [3.63, 3.8) is 0 Å². The lowest BCUT2D eigenvalue weighted by Crippen LogP contribution is -2.03. The fourth-order valence-corrected chi connectivity index (χ4v) is 1.40. The first-order valence-electron chi connectivity index (χ1n) is 4.76. The maximum Gasteiger partial charge on any atom is 0.343 e. The van der Waals surface area contributed by atoms with E-state index in [1.54, 1.807) is 24.3 Å². The van der Waals surface area contributed by atoms with Crippen molar-refractivity contribution in [1.82, 2.24) is 0 Å². The summed E-state index contributed by atoms with van der Waals surface area (Å²) in [6.45, 7) is 0. The molecule has 0 unspecified atom stereocenters. The SMILES string of the molecule is O=C1C=C(OC(=O)c2ccccc2)CC1. The lowest BCUT2D eigenvalue weighted by molar-refractivity contribution is -0.114. The van der Waals surface area contributed by atoms with Crippen LogP contribution in [0.5, 0.6) is 0 Å². The fourth-order valence-electron chi connectivity index (χ4n) is 1.40. The van der Waals surface area contributed by atoms with Gasteiger partial charge in [-0.1, -0.05) is 18.2 Å². The van der Waals surface area contributed by atoms with E-state index in [4.69, 9.17) is 4.74 Å². The van der Waals surface area contributed by atoms with Crippen molar-refractivity contribution in [2.24, 2.45) is 0 Å². The van der Waals surface area contributed by atoms with Crippen LogP contribution in [0.1, 0.15) is 23.2 Å². The van der Waals surface area contributed by atoms with Crippen LogP contribution in [0.25, 0.3) is 0 Å². The van der Waals surface area contributed by atoms with Crippen LogP contribution in [0, 0.1) is 0 Å². The number of benzene rings is 1. The molecule has 0 aromatic heterocycles. The van der Waals surface area contributed by atoms with E-state index in [1.165, 1.54) is 6.08 Å². The molecule has 0 aliphatic heterocycles. The number of esters is 1. The highest BCUT2D eigenvalue weighted by Gasteiger charge is 2.16. The van der Waals surface area contributed by atoms with Crippen molar-refractivity contribution in [2.75, 3.05) is 0 Å². The molecule has 0 fully saturated rings. The van der Waals surface area contributed by atoms with E-state index in [0.29, 0.717) is 24.2 Å². The van der Waals surface area contributed by atoms with Crippen molar-refractivity contribution in [3.8, 4) is 0 Å². The van der Waals surface area contributed by atoms with E-state index in [9.17, 15) is 9.59 Å². The van der Waals surface area contributed by atoms with E-state index in [-0.39, 0.29) is 5.78 Å². The van der Waals surface area contributed by atoms with Gasteiger partial charge in [-0.15, -0.1) is 0 Å². The van der Waals surface area contributed by atoms with E-state index in [2.05, 4.69) is 0 Å². The molecular weight excluding hydrogens is 192 g/mol. The number of rotatable bonds is 2. The Bertz CT molecular complexity index is 418. The summed E-state index contributed by atoms with van der Waals surface area (Å²) in [4.78, 5) is 22.4. The Morgan fingerprint density at radius 3 is 2.47 bits per heavy atom. The summed E-state index contributed by atoms with van der Waals surface area (Å²) in [6.07, 6.45) is 2.36. The van der Waals surface area contributed by atoms with Gasteiger partial charge in [0.1, 0.15) is 5.76 Å². The van der Waals surface area contributed by atoms with Crippen LogP contribution in [0.4, 0.5) is 0 Å². The van der Waals surface area contributed by atoms with Gasteiger partial charge in [-0.2, -0.15) is 0 Å². The molecule has 3 heteroatoms. The van der Waals surface area contributed by atoms with Crippen molar-refractivity contribution in [1.29, 1.82) is 0 Å². The molecule has 1 aliphatic carbocycles. The molecule has 0 saturated carbocycles. The maximum absolute atomic E-state index is 11.5. The molecule has 1 aromatic rings. The van der Waals surface area contributed by atoms with Crippen molar-refractivity contribution >= 4 is 11.8 Å². The molecule has 2 rings (SSSR count). The second-order valence-electron chi connectivity index (χ2n) is 3.33. The van der Waals surface area contributed by atoms with Gasteiger partial charge < -0.3 is 4.74 Å². The molecule has 15 heavy (non-hydrogen) atoms. The highest BCUT2D eigenvalue weighted by molar-refractivity contribution is 5.94. The minimum atomic E-state index is -0.406. The minimum Gasteiger partial charge on any atom is -0.427 e. The Labute approximate surface area is 87.4 Å². The smallest absolute Gasteiger partial charge is 0.343 e. The predicted molar refractivity (Wildman–Crippen MR) is 54.2 cm³/mol. The second-order valence-corrected chi connectivity index (χ2v) is 3.33. The summed E-state index contributed by atoms with van der Waals surface area (Å²) in [6, 6.07) is 8.73. The Morgan fingerprint density at radius 2 is 1.87 bits per heavy atom. The number of ketones is 1. The molecule has 0 saturated heterocycles. The van der Waals surface area contributed by atoms with Crippen molar-refractivity contribution < 1.29 is 14.3 Å². The largest absolute Gasteiger partial charge is 0.427 e. The van der Waals surface area contributed by atoms with Crippen molar-refractivity contribution in [2.45, 2.75) is 12.8 Å². The van der Waals surface area contributed by atoms with Gasteiger partial charge in [0.25, 0.3) is 0 Å². The van der Waals surface area contributed by atoms with Gasteiger partial charge in [-0.25, -0.2) is 4.79 Å². The van der Waals surface area contributed by atoms with Crippen LogP contribution >= 0.6 is 0 Å². The molecule has 0 bridgehead atoms. The zero-order valence-corrected chi connectivity index (χ0v) is 8.10. The van der Waals surface area contributed by atoms with Crippen LogP contribution in [-0.2, 0) is 9.53 Å². The standard InChI is InChI=1S/C12H10O3/c13-10-6-7-11(8-10)15-12(14)9-4-2-1-3-5-9/h1-5,8H,6-7H2. The average Bonchev–Trinajstić information content (AvgIpc) is 2.65. The molecule has 76 valence electrons. The van der Waals surface area contributed by atoms with Gasteiger partial charge in [0, 0.05) is 18.9 Å². The summed E-state index contributed by atoms with van der Waals surface area (Å²) in [5.41, 5.74) is 0.498. The summed E-state index contributed by atoms with van der Waals surface area (Å²) < 4.78 is 5.07. The van der Waals surface area contributed by atoms with Crippen LogP contribution in [0.3, 0.4) is 0 Å². The Morgan fingerprint density at radius 1 is 1.13 bits per heavy atom. The summed E-state index contributed by atoms with van der Waals surface area (Å²) >= 11 is 0. The normalized spacial score (nSPS) is 14.9. The summed E-state index contributed by atoms with van der Waals surface area (Å²) in [7, 11) is 0. The Balaban J connectivity index is 2.05. The monoisotopic (exact) mass is 202 g/mol. The number of carbonyl (C=O) groups is 2. The van der Waals surface area contributed by atoms with Crippen molar-refractivity contribution in [3.05, 3.63) is 47.7 Å². The van der Waals surface area contributed by atoms with Crippen LogP contribution in [0.15, 0.2) is 42.2 Å². The van der Waals surface area contributed by atoms with Gasteiger partial charge >= 0.3 is 5.97 Å².